The number of hydrogen-bond acceptors (Lipinski definition) is 8. The molecule has 7 atom stereocenters. The molecular formula is C26H38O8. The second kappa shape index (κ2) is 9.64. The van der Waals surface area contributed by atoms with Gasteiger partial charge in [0.05, 0.1) is 6.10 Å². The molecule has 0 saturated heterocycles. The highest BCUT2D eigenvalue weighted by molar-refractivity contribution is 6.01. The Kier molecular flexibility index (Phi) is 7.58. The quantitative estimate of drug-likeness (QED) is 0.406. The van der Waals surface area contributed by atoms with Crippen molar-refractivity contribution in [2.24, 2.45) is 29.1 Å². The molecule has 0 aromatic heterocycles. The highest BCUT2D eigenvalue weighted by Crippen LogP contribution is 2.63. The van der Waals surface area contributed by atoms with Gasteiger partial charge in [0.2, 0.25) is 5.78 Å². The number of carbonyl (C=O) groups excluding carboxylic acids is 3. The Morgan fingerprint density at radius 3 is 2.50 bits per heavy atom. The zero-order valence-corrected chi connectivity index (χ0v) is 20.7. The van der Waals surface area contributed by atoms with E-state index < -0.39 is 47.4 Å². The summed E-state index contributed by atoms with van der Waals surface area (Å²) in [5, 5.41) is 31.4. The molecule has 0 spiro atoms. The molecule has 4 aliphatic rings. The molecular weight excluding hydrogens is 440 g/mol. The van der Waals surface area contributed by atoms with E-state index in [9.17, 15) is 29.7 Å². The van der Waals surface area contributed by atoms with Gasteiger partial charge in [-0.2, -0.15) is 0 Å². The fraction of sp³-hybridized carbons (Fsp3) is 0.731. The van der Waals surface area contributed by atoms with Gasteiger partial charge < -0.3 is 24.8 Å². The van der Waals surface area contributed by atoms with Crippen molar-refractivity contribution < 1.29 is 39.2 Å². The lowest BCUT2D eigenvalue weighted by Crippen LogP contribution is -2.59. The summed E-state index contributed by atoms with van der Waals surface area (Å²) in [5.74, 6) is -4.16. The molecule has 0 aromatic carbocycles. The fourth-order valence-corrected chi connectivity index (χ4v) is 7.08. The van der Waals surface area contributed by atoms with Crippen molar-refractivity contribution in [1.29, 1.82) is 0 Å². The van der Waals surface area contributed by atoms with Crippen molar-refractivity contribution in [1.82, 2.24) is 0 Å². The van der Waals surface area contributed by atoms with Crippen LogP contribution in [0.25, 0.3) is 0 Å². The summed E-state index contributed by atoms with van der Waals surface area (Å²) >= 11 is 0. The molecule has 4 aliphatic carbocycles. The first-order valence-electron chi connectivity index (χ1n) is 12.3. The van der Waals surface area contributed by atoms with Crippen molar-refractivity contribution in [3.05, 3.63) is 23.8 Å². The zero-order chi connectivity index (χ0) is 25.5. The summed E-state index contributed by atoms with van der Waals surface area (Å²) < 4.78 is 10.5. The number of hydrogen-bond donors (Lipinski definition) is 3. The number of aliphatic hydroxyl groups excluding tert-OH is 1. The third-order valence-corrected chi connectivity index (χ3v) is 8.18. The van der Waals surface area contributed by atoms with E-state index in [1.165, 1.54) is 6.92 Å². The molecule has 0 bridgehead atoms. The smallest absolute Gasteiger partial charge is 0.303 e. The molecule has 0 aromatic rings. The van der Waals surface area contributed by atoms with Crippen LogP contribution in [0.1, 0.15) is 66.7 Å². The first-order valence-corrected chi connectivity index (χ1v) is 12.3. The van der Waals surface area contributed by atoms with E-state index in [1.54, 1.807) is 12.2 Å². The Morgan fingerprint density at radius 2 is 1.88 bits per heavy atom. The zero-order valence-electron chi connectivity index (χ0n) is 20.7. The molecule has 3 N–H and O–H groups in total. The highest BCUT2D eigenvalue weighted by Gasteiger charge is 2.64. The maximum absolute atomic E-state index is 13.2. The molecule has 0 heterocycles. The predicted molar refractivity (Wildman–Crippen MR) is 123 cm³/mol. The van der Waals surface area contributed by atoms with Gasteiger partial charge in [-0.15, -0.1) is 0 Å². The molecule has 3 saturated carbocycles. The lowest BCUT2D eigenvalue weighted by molar-refractivity contribution is -0.366. The molecule has 34 heavy (non-hydrogen) atoms. The van der Waals surface area contributed by atoms with Crippen LogP contribution in [0.3, 0.4) is 0 Å². The molecule has 3 fully saturated rings. The Labute approximate surface area is 201 Å². The first-order chi connectivity index (χ1) is 15.9. The van der Waals surface area contributed by atoms with Gasteiger partial charge in [-0.1, -0.05) is 32.4 Å². The van der Waals surface area contributed by atoms with Gasteiger partial charge in [-0.05, 0) is 56.1 Å². The van der Waals surface area contributed by atoms with Gasteiger partial charge in [0.25, 0.3) is 5.97 Å². The van der Waals surface area contributed by atoms with E-state index in [2.05, 4.69) is 6.92 Å². The molecule has 0 amide bonds. The summed E-state index contributed by atoms with van der Waals surface area (Å²) in [7, 11) is 0. The second-order valence-corrected chi connectivity index (χ2v) is 10.2. The number of fused-ring (bicyclic) bond motifs is 5. The molecule has 0 radical (unpaired) electrons. The number of carbonyl (C=O) groups is 3. The largest absolute Gasteiger partial charge is 0.458 e. The number of esters is 1. The SMILES string of the molecule is CC.CC(=O)OCC(=O)[C@@]1(OC(C)(O)O)CCC2C3CCC4=CC(=O)C=CC4(C)C3C(O)C[C@@H]21. The van der Waals surface area contributed by atoms with Crippen LogP contribution in [0.5, 0.6) is 0 Å². The summed E-state index contributed by atoms with van der Waals surface area (Å²) in [6.45, 7) is 7.79. The normalized spacial score (nSPS) is 38.5. The van der Waals surface area contributed by atoms with Gasteiger partial charge >= 0.3 is 5.97 Å². The van der Waals surface area contributed by atoms with Gasteiger partial charge in [0.15, 0.2) is 12.4 Å². The lowest BCUT2D eigenvalue weighted by atomic mass is 9.49. The van der Waals surface area contributed by atoms with E-state index in [-0.39, 0.29) is 36.4 Å². The lowest BCUT2D eigenvalue weighted by Gasteiger charge is -2.56. The second-order valence-electron chi connectivity index (χ2n) is 10.2. The van der Waals surface area contributed by atoms with Crippen LogP contribution in [-0.4, -0.2) is 57.1 Å². The summed E-state index contributed by atoms with van der Waals surface area (Å²) in [6.07, 6.45) is 7.03. The van der Waals surface area contributed by atoms with Gasteiger partial charge in [0.1, 0.15) is 5.60 Å². The number of rotatable bonds is 5. The topological polar surface area (TPSA) is 130 Å². The fourth-order valence-electron chi connectivity index (χ4n) is 7.08. The molecule has 8 heteroatoms. The van der Waals surface area contributed by atoms with Crippen molar-refractivity contribution in [2.45, 2.75) is 84.4 Å². The molecule has 5 unspecified atom stereocenters. The minimum atomic E-state index is -2.55. The van der Waals surface area contributed by atoms with Crippen LogP contribution < -0.4 is 0 Å². The van der Waals surface area contributed by atoms with Gasteiger partial charge in [0, 0.05) is 31.1 Å². The number of aliphatic hydroxyl groups is 3. The number of allylic oxidation sites excluding steroid dienone is 4. The van der Waals surface area contributed by atoms with Crippen LogP contribution in [-0.2, 0) is 23.9 Å². The number of ether oxygens (including phenoxy) is 2. The van der Waals surface area contributed by atoms with Crippen molar-refractivity contribution in [2.75, 3.05) is 6.61 Å². The Balaban J connectivity index is 0.00000158. The average molecular weight is 479 g/mol. The number of Topliss-reactive ketones (excluding diaryl/α,β-unsaturated/α-hetero) is 1. The van der Waals surface area contributed by atoms with Crippen molar-refractivity contribution in [3.63, 3.8) is 0 Å². The summed E-state index contributed by atoms with van der Waals surface area (Å²) in [6, 6.07) is 0. The maximum Gasteiger partial charge on any atom is 0.303 e. The standard InChI is InChI=1S/C24H32O8.C2H6/c1-13(25)31-12-20(28)24(32-23(3,29)30)9-7-16-17-5-4-14-10-15(26)6-8-22(14,2)21(17)19(27)11-18(16)24;1-2/h6,8,10,16-19,21,27,29-30H,4-5,7,9,11-12H2,1-3H3;1-2H3/t16?,17?,18-,19?,21?,22?,24+;/m0./s1. The van der Waals surface area contributed by atoms with Crippen molar-refractivity contribution in [3.8, 4) is 0 Å². The van der Waals surface area contributed by atoms with E-state index in [1.807, 2.05) is 19.9 Å². The van der Waals surface area contributed by atoms with Crippen LogP contribution in [0.2, 0.25) is 0 Å². The van der Waals surface area contributed by atoms with E-state index >= 15 is 0 Å². The first kappa shape index (κ1) is 26.7. The third kappa shape index (κ3) is 4.65. The Bertz CT molecular complexity index is 884. The summed E-state index contributed by atoms with van der Waals surface area (Å²) in [5.41, 5.74) is -0.953. The Hall–Kier alpha value is -1.87. The van der Waals surface area contributed by atoms with Crippen LogP contribution >= 0.6 is 0 Å². The monoisotopic (exact) mass is 478 g/mol. The minimum absolute atomic E-state index is 0.0245. The van der Waals surface area contributed by atoms with Gasteiger partial charge in [-0.25, -0.2) is 0 Å². The van der Waals surface area contributed by atoms with E-state index in [0.717, 1.165) is 25.3 Å². The maximum atomic E-state index is 13.2. The number of ketones is 2. The molecule has 8 nitrogen and oxygen atoms in total. The van der Waals surface area contributed by atoms with E-state index in [4.69, 9.17) is 9.47 Å². The van der Waals surface area contributed by atoms with Crippen molar-refractivity contribution >= 4 is 17.5 Å². The highest BCUT2D eigenvalue weighted by atomic mass is 16.8. The third-order valence-electron chi connectivity index (χ3n) is 8.18. The average Bonchev–Trinajstić information content (AvgIpc) is 3.11. The van der Waals surface area contributed by atoms with Crippen LogP contribution in [0.15, 0.2) is 23.8 Å². The summed E-state index contributed by atoms with van der Waals surface area (Å²) in [4.78, 5) is 36.4. The van der Waals surface area contributed by atoms with Crippen LogP contribution in [0.4, 0.5) is 0 Å². The van der Waals surface area contributed by atoms with E-state index in [0.29, 0.717) is 6.42 Å². The van der Waals surface area contributed by atoms with Crippen LogP contribution in [0, 0.1) is 29.1 Å². The molecule has 190 valence electrons. The predicted octanol–water partition coefficient (Wildman–Crippen LogP) is 2.45. The van der Waals surface area contributed by atoms with Gasteiger partial charge in [-0.3, -0.25) is 14.4 Å². The Morgan fingerprint density at radius 1 is 1.21 bits per heavy atom. The molecule has 0 aliphatic heterocycles. The molecule has 4 rings (SSSR count). The minimum Gasteiger partial charge on any atom is -0.458 e.